The number of carbonyl (C=O) groups excluding carboxylic acids is 2. The number of hydrazone groups is 1. The number of nitro benzene ring substituents is 1. The minimum absolute atomic E-state index is 0.112. The molecule has 1 N–H and O–H groups in total. The highest BCUT2D eigenvalue weighted by atomic mass is 16.6. The maximum Gasteiger partial charge on any atom is 0.311 e. The van der Waals surface area contributed by atoms with E-state index in [1.54, 1.807) is 25.1 Å². The first-order valence-electron chi connectivity index (χ1n) is 7.91. The van der Waals surface area contributed by atoms with E-state index in [1.807, 2.05) is 0 Å². The van der Waals surface area contributed by atoms with Gasteiger partial charge in [-0.2, -0.15) is 5.10 Å². The van der Waals surface area contributed by atoms with Gasteiger partial charge in [0.15, 0.2) is 11.5 Å². The Morgan fingerprint density at radius 1 is 1.22 bits per heavy atom. The van der Waals surface area contributed by atoms with Gasteiger partial charge < -0.3 is 9.47 Å². The third-order valence-electron chi connectivity index (χ3n) is 3.40. The molecule has 140 valence electrons. The lowest BCUT2D eigenvalue weighted by Gasteiger charge is -2.09. The van der Waals surface area contributed by atoms with E-state index in [9.17, 15) is 19.7 Å². The summed E-state index contributed by atoms with van der Waals surface area (Å²) >= 11 is 0. The van der Waals surface area contributed by atoms with Crippen molar-refractivity contribution < 1.29 is 24.0 Å². The summed E-state index contributed by atoms with van der Waals surface area (Å²) in [4.78, 5) is 33.6. The van der Waals surface area contributed by atoms with Gasteiger partial charge in [0.1, 0.15) is 0 Å². The van der Waals surface area contributed by atoms with Crippen molar-refractivity contribution in [1.82, 2.24) is 5.43 Å². The second kappa shape index (κ2) is 9.09. The molecule has 1 amide bonds. The molecule has 0 aliphatic heterocycles. The van der Waals surface area contributed by atoms with Gasteiger partial charge in [-0.05, 0) is 29.8 Å². The molecule has 0 unspecified atom stereocenters. The van der Waals surface area contributed by atoms with Crippen LogP contribution in [0.4, 0.5) is 5.69 Å². The Kier molecular flexibility index (Phi) is 6.59. The van der Waals surface area contributed by atoms with Gasteiger partial charge in [0.25, 0.3) is 11.6 Å². The number of hydrogen-bond donors (Lipinski definition) is 1. The van der Waals surface area contributed by atoms with Gasteiger partial charge >= 0.3 is 5.97 Å². The quantitative estimate of drug-likeness (QED) is 0.263. The molecular weight excluding hydrogens is 354 g/mol. The van der Waals surface area contributed by atoms with Crippen LogP contribution in [0.1, 0.15) is 29.3 Å². The number of ether oxygens (including phenoxy) is 2. The van der Waals surface area contributed by atoms with Crippen LogP contribution in [0, 0.1) is 10.1 Å². The smallest absolute Gasteiger partial charge is 0.311 e. The number of nitro groups is 1. The second-order valence-corrected chi connectivity index (χ2v) is 5.24. The van der Waals surface area contributed by atoms with Crippen LogP contribution >= 0.6 is 0 Å². The molecule has 2 aromatic carbocycles. The number of esters is 1. The molecule has 0 spiro atoms. The second-order valence-electron chi connectivity index (χ2n) is 5.24. The zero-order chi connectivity index (χ0) is 19.8. The summed E-state index contributed by atoms with van der Waals surface area (Å²) in [6.07, 6.45) is 1.60. The molecule has 0 heterocycles. The fourth-order valence-corrected chi connectivity index (χ4v) is 2.03. The van der Waals surface area contributed by atoms with Crippen molar-refractivity contribution in [2.24, 2.45) is 5.10 Å². The van der Waals surface area contributed by atoms with Crippen LogP contribution in [0.25, 0.3) is 0 Å². The Hall–Kier alpha value is -3.75. The molecular formula is C18H17N3O6. The number of nitrogens with zero attached hydrogens (tertiary/aromatic N) is 2. The van der Waals surface area contributed by atoms with Gasteiger partial charge in [0.05, 0.1) is 18.2 Å². The van der Waals surface area contributed by atoms with E-state index in [1.165, 1.54) is 31.5 Å². The lowest BCUT2D eigenvalue weighted by Crippen LogP contribution is -2.17. The Labute approximate surface area is 154 Å². The molecule has 0 fully saturated rings. The highest BCUT2D eigenvalue weighted by Crippen LogP contribution is 2.27. The molecule has 2 aromatic rings. The van der Waals surface area contributed by atoms with E-state index in [0.717, 1.165) is 6.07 Å². The summed E-state index contributed by atoms with van der Waals surface area (Å²) in [6, 6.07) is 10.1. The highest BCUT2D eigenvalue weighted by Gasteiger charge is 2.11. The van der Waals surface area contributed by atoms with Crippen molar-refractivity contribution in [3.05, 3.63) is 63.7 Å². The van der Waals surface area contributed by atoms with Crippen molar-refractivity contribution in [1.29, 1.82) is 0 Å². The Bertz CT molecular complexity index is 894. The molecule has 2 rings (SSSR count). The molecule has 0 bridgehead atoms. The lowest BCUT2D eigenvalue weighted by molar-refractivity contribution is -0.384. The van der Waals surface area contributed by atoms with E-state index in [-0.39, 0.29) is 29.4 Å². The van der Waals surface area contributed by atoms with E-state index in [4.69, 9.17) is 9.47 Å². The number of amides is 1. The first-order chi connectivity index (χ1) is 12.9. The molecule has 0 saturated carbocycles. The number of nitrogens with one attached hydrogen (secondary N) is 1. The average molecular weight is 371 g/mol. The van der Waals surface area contributed by atoms with Crippen LogP contribution < -0.4 is 14.9 Å². The zero-order valence-corrected chi connectivity index (χ0v) is 14.7. The third kappa shape index (κ3) is 5.36. The van der Waals surface area contributed by atoms with Crippen LogP contribution in [0.5, 0.6) is 11.5 Å². The molecule has 0 aromatic heterocycles. The van der Waals surface area contributed by atoms with Crippen LogP contribution in [0.3, 0.4) is 0 Å². The van der Waals surface area contributed by atoms with Crippen LogP contribution in [0.2, 0.25) is 0 Å². The molecule has 9 heteroatoms. The van der Waals surface area contributed by atoms with E-state index in [2.05, 4.69) is 10.5 Å². The summed E-state index contributed by atoms with van der Waals surface area (Å²) in [5.74, 6) is -0.359. The van der Waals surface area contributed by atoms with Crippen molar-refractivity contribution in [2.75, 3.05) is 7.11 Å². The SMILES string of the molecule is CCC(=O)Oc1ccc(/C=N/NC(=O)c2cccc([N+](=O)[O-])c2)cc1OC. The topological polar surface area (TPSA) is 120 Å². The first-order valence-corrected chi connectivity index (χ1v) is 7.91. The van der Waals surface area contributed by atoms with Crippen molar-refractivity contribution in [3.8, 4) is 11.5 Å². The summed E-state index contributed by atoms with van der Waals surface area (Å²) in [5.41, 5.74) is 2.80. The van der Waals surface area contributed by atoms with Crippen molar-refractivity contribution in [2.45, 2.75) is 13.3 Å². The first kappa shape index (κ1) is 19.6. The van der Waals surface area contributed by atoms with Gasteiger partial charge in [-0.3, -0.25) is 19.7 Å². The van der Waals surface area contributed by atoms with Gasteiger partial charge in [0, 0.05) is 24.1 Å². The van der Waals surface area contributed by atoms with Crippen LogP contribution in [-0.4, -0.2) is 30.1 Å². The summed E-state index contributed by atoms with van der Waals surface area (Å²) in [7, 11) is 1.43. The number of benzene rings is 2. The molecule has 0 aliphatic rings. The third-order valence-corrected chi connectivity index (χ3v) is 3.40. The minimum Gasteiger partial charge on any atom is -0.493 e. The summed E-state index contributed by atoms with van der Waals surface area (Å²) in [5, 5.41) is 14.6. The van der Waals surface area contributed by atoms with Crippen LogP contribution in [0.15, 0.2) is 47.6 Å². The fourth-order valence-electron chi connectivity index (χ4n) is 2.03. The average Bonchev–Trinajstić information content (AvgIpc) is 2.68. The maximum atomic E-state index is 12.0. The normalized spacial score (nSPS) is 10.4. The molecule has 0 aliphatic carbocycles. The Morgan fingerprint density at radius 2 is 2.00 bits per heavy atom. The van der Waals surface area contributed by atoms with Gasteiger partial charge in [-0.1, -0.05) is 13.0 Å². The van der Waals surface area contributed by atoms with E-state index in [0.29, 0.717) is 11.3 Å². The lowest BCUT2D eigenvalue weighted by atomic mass is 10.2. The standard InChI is InChI=1S/C18H17N3O6/c1-3-17(22)27-15-8-7-12(9-16(15)26-2)11-19-20-18(23)13-5-4-6-14(10-13)21(24)25/h4-11H,3H2,1-2H3,(H,20,23)/b19-11+. The fraction of sp³-hybridized carbons (Fsp3) is 0.167. The molecule has 0 atom stereocenters. The Balaban J connectivity index is 2.07. The predicted molar refractivity (Wildman–Crippen MR) is 97.1 cm³/mol. The summed E-state index contributed by atoms with van der Waals surface area (Å²) in [6.45, 7) is 1.68. The number of non-ortho nitro benzene ring substituents is 1. The van der Waals surface area contributed by atoms with Crippen molar-refractivity contribution in [3.63, 3.8) is 0 Å². The largest absolute Gasteiger partial charge is 0.493 e. The minimum atomic E-state index is -0.588. The van der Waals surface area contributed by atoms with Crippen LogP contribution in [-0.2, 0) is 4.79 Å². The maximum absolute atomic E-state index is 12.0. The number of methoxy groups -OCH3 is 1. The molecule has 0 radical (unpaired) electrons. The Morgan fingerprint density at radius 3 is 2.67 bits per heavy atom. The van der Waals surface area contributed by atoms with Crippen molar-refractivity contribution >= 4 is 23.8 Å². The monoisotopic (exact) mass is 371 g/mol. The van der Waals surface area contributed by atoms with E-state index >= 15 is 0 Å². The van der Waals surface area contributed by atoms with E-state index < -0.39 is 10.8 Å². The molecule has 0 saturated heterocycles. The van der Waals surface area contributed by atoms with Gasteiger partial charge in [-0.25, -0.2) is 5.43 Å². The number of rotatable bonds is 7. The summed E-state index contributed by atoms with van der Waals surface area (Å²) < 4.78 is 10.3. The molecule has 27 heavy (non-hydrogen) atoms. The zero-order valence-electron chi connectivity index (χ0n) is 14.7. The van der Waals surface area contributed by atoms with Gasteiger partial charge in [0.2, 0.25) is 0 Å². The number of hydrogen-bond acceptors (Lipinski definition) is 7. The highest BCUT2D eigenvalue weighted by molar-refractivity contribution is 5.95. The number of carbonyl (C=O) groups is 2. The predicted octanol–water partition coefficient (Wildman–Crippen LogP) is 2.68. The van der Waals surface area contributed by atoms with Gasteiger partial charge in [-0.15, -0.1) is 0 Å². The molecule has 9 nitrogen and oxygen atoms in total.